The number of hydrogen-bond donors (Lipinski definition) is 3. The summed E-state index contributed by atoms with van der Waals surface area (Å²) in [4.78, 5) is 32.8. The second kappa shape index (κ2) is 10.1. The molecule has 3 rings (SSSR count). The monoisotopic (exact) mass is 510 g/mol. The summed E-state index contributed by atoms with van der Waals surface area (Å²) >= 11 is 2.03. The van der Waals surface area contributed by atoms with E-state index in [0.29, 0.717) is 0 Å². The number of thioether (sulfide) groups is 1. The Hall–Kier alpha value is -0.750. The van der Waals surface area contributed by atoms with Gasteiger partial charge in [0.1, 0.15) is 5.54 Å². The summed E-state index contributed by atoms with van der Waals surface area (Å²) in [6.45, 7) is 7.78. The van der Waals surface area contributed by atoms with Gasteiger partial charge in [-0.25, -0.2) is 4.79 Å². The summed E-state index contributed by atoms with van der Waals surface area (Å²) in [5.41, 5.74) is -0.785. The number of imide groups is 1. The zero-order chi connectivity index (χ0) is 18.6. The summed E-state index contributed by atoms with van der Waals surface area (Å²) in [5.74, 6) is 3.33. The molecule has 3 saturated heterocycles. The topological polar surface area (TPSA) is 89.1 Å². The molecule has 3 heterocycles. The number of likely N-dealkylation sites (tertiary alicyclic amines) is 1. The van der Waals surface area contributed by atoms with Crippen molar-refractivity contribution in [3.8, 4) is 0 Å². The molecule has 8 nitrogen and oxygen atoms in total. The maximum atomic E-state index is 12.1. The first-order valence-corrected chi connectivity index (χ1v) is 10.6. The highest BCUT2D eigenvalue weighted by Crippen LogP contribution is 2.30. The van der Waals surface area contributed by atoms with Gasteiger partial charge in [-0.05, 0) is 25.7 Å². The molecular formula is C17H31IN6O2S. The lowest BCUT2D eigenvalue weighted by Gasteiger charge is -2.39. The minimum Gasteiger partial charge on any atom is -0.355 e. The largest absolute Gasteiger partial charge is 0.355 e. The van der Waals surface area contributed by atoms with E-state index in [0.717, 1.165) is 45.0 Å². The zero-order valence-electron chi connectivity index (χ0n) is 16.1. The van der Waals surface area contributed by atoms with Crippen LogP contribution in [0, 0.1) is 5.92 Å². The average molecular weight is 510 g/mol. The van der Waals surface area contributed by atoms with Crippen molar-refractivity contribution in [2.45, 2.75) is 25.3 Å². The Balaban J connectivity index is 0.00000261. The Bertz CT molecular complexity index is 564. The van der Waals surface area contributed by atoms with E-state index < -0.39 is 5.54 Å². The van der Waals surface area contributed by atoms with Crippen molar-refractivity contribution < 1.29 is 9.59 Å². The van der Waals surface area contributed by atoms with Gasteiger partial charge in [-0.2, -0.15) is 11.8 Å². The molecule has 0 aliphatic carbocycles. The van der Waals surface area contributed by atoms with Gasteiger partial charge in [0.2, 0.25) is 0 Å². The molecule has 0 bridgehead atoms. The van der Waals surface area contributed by atoms with Crippen LogP contribution in [0.1, 0.15) is 19.8 Å². The van der Waals surface area contributed by atoms with Crippen molar-refractivity contribution in [1.29, 1.82) is 0 Å². The number of carbonyl (C=O) groups excluding carboxylic acids is 2. The number of amides is 3. The average Bonchev–Trinajstić information content (AvgIpc) is 2.92. The second-order valence-corrected chi connectivity index (χ2v) is 8.52. The molecule has 27 heavy (non-hydrogen) atoms. The fourth-order valence-electron chi connectivity index (χ4n) is 4.00. The van der Waals surface area contributed by atoms with Crippen LogP contribution in [0.2, 0.25) is 0 Å². The summed E-state index contributed by atoms with van der Waals surface area (Å²) in [7, 11) is 1.82. The lowest BCUT2D eigenvalue weighted by atomic mass is 9.79. The van der Waals surface area contributed by atoms with Gasteiger partial charge in [0, 0.05) is 57.8 Å². The normalized spacial score (nSPS) is 27.8. The molecule has 3 fully saturated rings. The van der Waals surface area contributed by atoms with Gasteiger partial charge in [-0.1, -0.05) is 0 Å². The third kappa shape index (κ3) is 5.41. The molecule has 0 aromatic carbocycles. The number of nitrogens with zero attached hydrogens (tertiary/aromatic N) is 3. The number of nitrogens with one attached hydrogen (secondary N) is 3. The fourth-order valence-corrected chi connectivity index (χ4v) is 4.97. The number of halogens is 1. The molecule has 10 heteroatoms. The van der Waals surface area contributed by atoms with Gasteiger partial charge in [0.05, 0.1) is 0 Å². The third-order valence-electron chi connectivity index (χ3n) is 5.71. The smallest absolute Gasteiger partial charge is 0.322 e. The molecular weight excluding hydrogens is 479 g/mol. The van der Waals surface area contributed by atoms with Crippen LogP contribution in [0.15, 0.2) is 4.99 Å². The Morgan fingerprint density at radius 3 is 2.48 bits per heavy atom. The first-order valence-electron chi connectivity index (χ1n) is 9.42. The van der Waals surface area contributed by atoms with Crippen LogP contribution in [-0.2, 0) is 4.79 Å². The van der Waals surface area contributed by atoms with Crippen molar-refractivity contribution >= 4 is 53.6 Å². The highest BCUT2D eigenvalue weighted by molar-refractivity contribution is 14.0. The first kappa shape index (κ1) is 22.5. The van der Waals surface area contributed by atoms with E-state index in [1.807, 2.05) is 25.7 Å². The van der Waals surface area contributed by atoms with Crippen molar-refractivity contribution in [2.75, 3.05) is 57.8 Å². The van der Waals surface area contributed by atoms with Crippen LogP contribution < -0.4 is 16.0 Å². The van der Waals surface area contributed by atoms with Crippen LogP contribution in [0.4, 0.5) is 4.79 Å². The maximum absolute atomic E-state index is 12.1. The highest BCUT2D eigenvalue weighted by Gasteiger charge is 2.48. The summed E-state index contributed by atoms with van der Waals surface area (Å²) < 4.78 is 0. The van der Waals surface area contributed by atoms with Crippen molar-refractivity contribution in [3.05, 3.63) is 0 Å². The molecule has 0 saturated carbocycles. The molecule has 0 aromatic heterocycles. The number of piperidine rings is 1. The number of carbonyl (C=O) groups is 2. The number of guanidine groups is 1. The fraction of sp³-hybridized carbons (Fsp3) is 0.824. The number of hydrogen-bond acceptors (Lipinski definition) is 5. The van der Waals surface area contributed by atoms with E-state index in [9.17, 15) is 9.59 Å². The summed E-state index contributed by atoms with van der Waals surface area (Å²) in [5, 5.41) is 8.65. The molecule has 3 aliphatic rings. The van der Waals surface area contributed by atoms with Crippen LogP contribution in [0.5, 0.6) is 0 Å². The molecule has 0 radical (unpaired) electrons. The standard InChI is InChI=1S/C17H30N6O2S.HI/c1-17(14(24)20-16(25)21-17)13-3-6-23(7-4-13)15(18-2)19-5-8-22-9-11-26-12-10-22;/h13H,3-12H2,1-2H3,(H,18,19)(H2,20,21,24,25);1H. The van der Waals surface area contributed by atoms with Crippen LogP contribution in [-0.4, -0.2) is 91.1 Å². The molecule has 0 aromatic rings. The van der Waals surface area contributed by atoms with Crippen molar-refractivity contribution in [1.82, 2.24) is 25.8 Å². The van der Waals surface area contributed by atoms with Gasteiger partial charge in [-0.3, -0.25) is 20.0 Å². The minimum atomic E-state index is -0.785. The summed E-state index contributed by atoms with van der Waals surface area (Å²) in [6.07, 6.45) is 1.71. The Kier molecular flexibility index (Phi) is 8.47. The van der Waals surface area contributed by atoms with Crippen LogP contribution >= 0.6 is 35.7 Å². The third-order valence-corrected chi connectivity index (χ3v) is 6.65. The number of aliphatic imine (C=N–C) groups is 1. The molecule has 3 amide bonds. The summed E-state index contributed by atoms with van der Waals surface area (Å²) in [6, 6.07) is -0.381. The Morgan fingerprint density at radius 1 is 1.26 bits per heavy atom. The van der Waals surface area contributed by atoms with E-state index >= 15 is 0 Å². The van der Waals surface area contributed by atoms with Gasteiger partial charge in [0.15, 0.2) is 5.96 Å². The predicted octanol–water partition coefficient (Wildman–Crippen LogP) is 0.539. The van der Waals surface area contributed by atoms with E-state index in [4.69, 9.17) is 0 Å². The van der Waals surface area contributed by atoms with Crippen molar-refractivity contribution in [3.63, 3.8) is 0 Å². The van der Waals surface area contributed by atoms with E-state index in [1.54, 1.807) is 0 Å². The Labute approximate surface area is 182 Å². The SMILES string of the molecule is CN=C(NCCN1CCSCC1)N1CCC(C2(C)NC(=O)NC2=O)CC1.I. The van der Waals surface area contributed by atoms with Gasteiger partial charge in [-0.15, -0.1) is 24.0 Å². The van der Waals surface area contributed by atoms with Gasteiger partial charge >= 0.3 is 6.03 Å². The first-order chi connectivity index (χ1) is 12.5. The molecule has 3 aliphatic heterocycles. The number of rotatable bonds is 4. The van der Waals surface area contributed by atoms with E-state index in [-0.39, 0.29) is 41.8 Å². The molecule has 154 valence electrons. The van der Waals surface area contributed by atoms with Crippen molar-refractivity contribution in [2.24, 2.45) is 10.9 Å². The van der Waals surface area contributed by atoms with E-state index in [1.165, 1.54) is 24.6 Å². The predicted molar refractivity (Wildman–Crippen MR) is 120 cm³/mol. The Morgan fingerprint density at radius 2 is 1.93 bits per heavy atom. The minimum absolute atomic E-state index is 0. The second-order valence-electron chi connectivity index (χ2n) is 7.30. The van der Waals surface area contributed by atoms with Crippen LogP contribution in [0.3, 0.4) is 0 Å². The molecule has 1 unspecified atom stereocenters. The lowest BCUT2D eigenvalue weighted by Crippen LogP contribution is -2.55. The quantitative estimate of drug-likeness (QED) is 0.222. The molecule has 0 spiro atoms. The lowest BCUT2D eigenvalue weighted by molar-refractivity contribution is -0.125. The van der Waals surface area contributed by atoms with Crippen LogP contribution in [0.25, 0.3) is 0 Å². The molecule has 1 atom stereocenters. The van der Waals surface area contributed by atoms with E-state index in [2.05, 4.69) is 30.7 Å². The maximum Gasteiger partial charge on any atom is 0.322 e. The van der Waals surface area contributed by atoms with Gasteiger partial charge in [0.25, 0.3) is 5.91 Å². The molecule has 3 N–H and O–H groups in total. The van der Waals surface area contributed by atoms with Gasteiger partial charge < -0.3 is 15.5 Å². The zero-order valence-corrected chi connectivity index (χ0v) is 19.3. The highest BCUT2D eigenvalue weighted by atomic mass is 127. The number of urea groups is 1.